The molecule has 0 aliphatic carbocycles. The van der Waals surface area contributed by atoms with Crippen LogP contribution in [0.5, 0.6) is 0 Å². The molecule has 1 atom stereocenters. The van der Waals surface area contributed by atoms with Crippen LogP contribution in [0, 0.1) is 12.7 Å². The normalized spacial score (nSPS) is 19.5. The van der Waals surface area contributed by atoms with E-state index in [9.17, 15) is 12.8 Å². The summed E-state index contributed by atoms with van der Waals surface area (Å²) in [6.07, 6.45) is 5.53. The highest BCUT2D eigenvalue weighted by Crippen LogP contribution is 2.30. The molecule has 1 saturated heterocycles. The van der Waals surface area contributed by atoms with Gasteiger partial charge in [-0.2, -0.15) is 4.31 Å². The van der Waals surface area contributed by atoms with E-state index in [0.717, 1.165) is 11.8 Å². The van der Waals surface area contributed by atoms with Crippen LogP contribution >= 0.6 is 0 Å². The number of benzene rings is 1. The van der Waals surface area contributed by atoms with E-state index in [-0.39, 0.29) is 10.8 Å². The highest BCUT2D eigenvalue weighted by atomic mass is 32.2. The number of sulfonamides is 1. The number of hydrogen-bond acceptors (Lipinski definition) is 4. The lowest BCUT2D eigenvalue weighted by atomic mass is 10.1. The van der Waals surface area contributed by atoms with Crippen LogP contribution in [0.25, 0.3) is 0 Å². The van der Waals surface area contributed by atoms with Crippen LogP contribution < -0.4 is 0 Å². The second-order valence-corrected chi connectivity index (χ2v) is 7.38. The Hall–Kier alpha value is -1.86. The third kappa shape index (κ3) is 2.86. The molecule has 116 valence electrons. The molecule has 1 fully saturated rings. The van der Waals surface area contributed by atoms with E-state index in [1.54, 1.807) is 25.5 Å². The monoisotopic (exact) mass is 321 g/mol. The van der Waals surface area contributed by atoms with Crippen molar-refractivity contribution in [1.82, 2.24) is 14.3 Å². The second kappa shape index (κ2) is 5.73. The number of hydrogen-bond donors (Lipinski definition) is 0. The average Bonchev–Trinajstić information content (AvgIpc) is 2.98. The SMILES string of the molecule is Cc1cc(F)cc(S(=O)(=O)N2CCC(c3cnccn3)C2)c1. The van der Waals surface area contributed by atoms with Gasteiger partial charge in [-0.25, -0.2) is 12.8 Å². The Balaban J connectivity index is 1.85. The summed E-state index contributed by atoms with van der Waals surface area (Å²) in [7, 11) is -3.68. The first-order valence-electron chi connectivity index (χ1n) is 7.00. The van der Waals surface area contributed by atoms with E-state index in [1.807, 2.05) is 0 Å². The predicted molar refractivity (Wildman–Crippen MR) is 79.3 cm³/mol. The maximum absolute atomic E-state index is 13.5. The molecule has 1 unspecified atom stereocenters. The van der Waals surface area contributed by atoms with Crippen LogP contribution in [0.1, 0.15) is 23.6 Å². The zero-order valence-corrected chi connectivity index (χ0v) is 12.9. The molecule has 3 rings (SSSR count). The number of nitrogens with zero attached hydrogens (tertiary/aromatic N) is 3. The molecule has 5 nitrogen and oxygen atoms in total. The highest BCUT2D eigenvalue weighted by Gasteiger charge is 2.34. The van der Waals surface area contributed by atoms with Crippen molar-refractivity contribution in [3.05, 3.63) is 53.9 Å². The molecule has 0 saturated carbocycles. The Morgan fingerprint density at radius 3 is 2.77 bits per heavy atom. The molecule has 2 heterocycles. The van der Waals surface area contributed by atoms with Crippen molar-refractivity contribution in [3.8, 4) is 0 Å². The minimum Gasteiger partial charge on any atom is -0.261 e. The van der Waals surface area contributed by atoms with Gasteiger partial charge in [-0.05, 0) is 37.1 Å². The fraction of sp³-hybridized carbons (Fsp3) is 0.333. The molecule has 0 spiro atoms. The first-order chi connectivity index (χ1) is 10.5. The fourth-order valence-corrected chi connectivity index (χ4v) is 4.33. The van der Waals surface area contributed by atoms with Crippen LogP contribution in [0.4, 0.5) is 4.39 Å². The summed E-state index contributed by atoms with van der Waals surface area (Å²) in [5, 5.41) is 0. The summed E-state index contributed by atoms with van der Waals surface area (Å²) >= 11 is 0. The Bertz CT molecular complexity index is 760. The zero-order valence-electron chi connectivity index (χ0n) is 12.1. The molecule has 0 radical (unpaired) electrons. The maximum Gasteiger partial charge on any atom is 0.243 e. The third-order valence-electron chi connectivity index (χ3n) is 3.81. The lowest BCUT2D eigenvalue weighted by Crippen LogP contribution is -2.29. The van der Waals surface area contributed by atoms with E-state index in [2.05, 4.69) is 9.97 Å². The molecule has 7 heteroatoms. The number of aryl methyl sites for hydroxylation is 1. The molecule has 0 amide bonds. The molecule has 1 aromatic heterocycles. The van der Waals surface area contributed by atoms with Gasteiger partial charge in [-0.15, -0.1) is 0 Å². The van der Waals surface area contributed by atoms with E-state index < -0.39 is 15.8 Å². The number of rotatable bonds is 3. The molecule has 1 aliphatic rings. The van der Waals surface area contributed by atoms with Gasteiger partial charge in [0.25, 0.3) is 0 Å². The van der Waals surface area contributed by atoms with E-state index >= 15 is 0 Å². The van der Waals surface area contributed by atoms with E-state index in [0.29, 0.717) is 25.1 Å². The van der Waals surface area contributed by atoms with Gasteiger partial charge in [0.1, 0.15) is 5.82 Å². The van der Waals surface area contributed by atoms with Crippen LogP contribution in [0.3, 0.4) is 0 Å². The van der Waals surface area contributed by atoms with Crippen molar-refractivity contribution in [1.29, 1.82) is 0 Å². The molecular weight excluding hydrogens is 305 g/mol. The van der Waals surface area contributed by atoms with Crippen molar-refractivity contribution in [2.24, 2.45) is 0 Å². The smallest absolute Gasteiger partial charge is 0.243 e. The minimum absolute atomic E-state index is 0.00444. The molecular formula is C15H16FN3O2S. The van der Waals surface area contributed by atoms with Crippen molar-refractivity contribution in [2.75, 3.05) is 13.1 Å². The lowest BCUT2D eigenvalue weighted by Gasteiger charge is -2.17. The summed E-state index contributed by atoms with van der Waals surface area (Å²) in [5.74, 6) is -0.513. The van der Waals surface area contributed by atoms with Crippen LogP contribution in [-0.2, 0) is 10.0 Å². The summed E-state index contributed by atoms with van der Waals surface area (Å²) < 4.78 is 40.2. The first kappa shape index (κ1) is 15.1. The topological polar surface area (TPSA) is 63.2 Å². The quantitative estimate of drug-likeness (QED) is 0.868. The highest BCUT2D eigenvalue weighted by molar-refractivity contribution is 7.89. The largest absolute Gasteiger partial charge is 0.261 e. The van der Waals surface area contributed by atoms with Gasteiger partial charge < -0.3 is 0 Å². The second-order valence-electron chi connectivity index (χ2n) is 5.44. The summed E-state index contributed by atoms with van der Waals surface area (Å²) in [6, 6.07) is 3.87. The molecule has 0 N–H and O–H groups in total. The number of aromatic nitrogens is 2. The van der Waals surface area contributed by atoms with E-state index in [1.165, 1.54) is 16.4 Å². The van der Waals surface area contributed by atoms with Crippen LogP contribution in [0.15, 0.2) is 41.7 Å². The van der Waals surface area contributed by atoms with Crippen LogP contribution in [-0.4, -0.2) is 35.8 Å². The number of halogens is 1. The first-order valence-corrected chi connectivity index (χ1v) is 8.44. The molecule has 2 aromatic rings. The summed E-state index contributed by atoms with van der Waals surface area (Å²) in [6.45, 7) is 2.42. The van der Waals surface area contributed by atoms with Gasteiger partial charge in [0.05, 0.1) is 10.6 Å². The zero-order chi connectivity index (χ0) is 15.7. The third-order valence-corrected chi connectivity index (χ3v) is 5.65. The molecule has 1 aromatic carbocycles. The Kier molecular flexibility index (Phi) is 3.92. The molecule has 0 bridgehead atoms. The fourth-order valence-electron chi connectivity index (χ4n) is 2.71. The standard InChI is InChI=1S/C15H16FN3O2S/c1-11-6-13(16)8-14(7-11)22(20,21)19-5-2-12(10-19)15-9-17-3-4-18-15/h3-4,6-9,12H,2,5,10H2,1H3. The maximum atomic E-state index is 13.5. The molecule has 22 heavy (non-hydrogen) atoms. The predicted octanol–water partition coefficient (Wildman–Crippen LogP) is 2.10. The van der Waals surface area contributed by atoms with Gasteiger partial charge >= 0.3 is 0 Å². The molecule has 1 aliphatic heterocycles. The summed E-state index contributed by atoms with van der Waals surface area (Å²) in [4.78, 5) is 8.26. The summed E-state index contributed by atoms with van der Waals surface area (Å²) in [5.41, 5.74) is 1.37. The van der Waals surface area contributed by atoms with Crippen LogP contribution in [0.2, 0.25) is 0 Å². The van der Waals surface area contributed by atoms with Gasteiger partial charge in [0.15, 0.2) is 0 Å². The van der Waals surface area contributed by atoms with Gasteiger partial charge in [-0.1, -0.05) is 0 Å². The van der Waals surface area contributed by atoms with Crippen molar-refractivity contribution >= 4 is 10.0 Å². The van der Waals surface area contributed by atoms with Gasteiger partial charge in [0.2, 0.25) is 10.0 Å². The van der Waals surface area contributed by atoms with Crippen molar-refractivity contribution in [3.63, 3.8) is 0 Å². The van der Waals surface area contributed by atoms with E-state index in [4.69, 9.17) is 0 Å². The average molecular weight is 321 g/mol. The Morgan fingerprint density at radius 1 is 1.27 bits per heavy atom. The van der Waals surface area contributed by atoms with Gasteiger partial charge in [0, 0.05) is 37.6 Å². The van der Waals surface area contributed by atoms with Gasteiger partial charge in [-0.3, -0.25) is 9.97 Å². The lowest BCUT2D eigenvalue weighted by molar-refractivity contribution is 0.471. The van der Waals surface area contributed by atoms with Crippen molar-refractivity contribution in [2.45, 2.75) is 24.2 Å². The van der Waals surface area contributed by atoms with Crippen molar-refractivity contribution < 1.29 is 12.8 Å². The minimum atomic E-state index is -3.68. The Morgan fingerprint density at radius 2 is 2.09 bits per heavy atom. The Labute approximate surface area is 128 Å².